The van der Waals surface area contributed by atoms with E-state index in [2.05, 4.69) is 62.7 Å². The van der Waals surface area contributed by atoms with Gasteiger partial charge in [-0.3, -0.25) is 0 Å². The van der Waals surface area contributed by atoms with Gasteiger partial charge in [0.1, 0.15) is 13.8 Å². The quantitative estimate of drug-likeness (QED) is 0.167. The predicted octanol–water partition coefficient (Wildman–Crippen LogP) is 8.93. The molecule has 13 heteroatoms. The van der Waals surface area contributed by atoms with E-state index < -0.39 is 24.8 Å². The lowest BCUT2D eigenvalue weighted by Crippen LogP contribution is -2.18. The number of aromatic hydroxyl groups is 3. The molecule has 3 rings (SSSR count). The zero-order chi connectivity index (χ0) is 30.4. The normalized spacial score (nSPS) is 12.5. The van der Waals surface area contributed by atoms with E-state index in [1.807, 2.05) is 62.3 Å². The van der Waals surface area contributed by atoms with E-state index in [-0.39, 0.29) is 48.3 Å². The van der Waals surface area contributed by atoms with Crippen molar-refractivity contribution in [2.75, 3.05) is 0 Å². The van der Waals surface area contributed by atoms with Gasteiger partial charge in [-0.15, -0.1) is 0 Å². The maximum absolute atomic E-state index is 10.9. The Morgan fingerprint density at radius 2 is 0.750 bits per heavy atom. The van der Waals surface area contributed by atoms with Crippen LogP contribution in [0.15, 0.2) is 32.4 Å². The van der Waals surface area contributed by atoms with Crippen molar-refractivity contribution in [2.24, 2.45) is 0 Å². The Labute approximate surface area is 261 Å². The van der Waals surface area contributed by atoms with Crippen molar-refractivity contribution in [3.05, 3.63) is 49.1 Å². The maximum atomic E-state index is 10.9. The molecule has 0 aliphatic rings. The van der Waals surface area contributed by atoms with Crippen LogP contribution in [0, 0.1) is 0 Å². The molecule has 0 aromatic carbocycles. The van der Waals surface area contributed by atoms with Crippen LogP contribution in [0.1, 0.15) is 79.0 Å². The summed E-state index contributed by atoms with van der Waals surface area (Å²) in [6.45, 7) is 17.3. The zero-order valence-electron chi connectivity index (χ0n) is 23.7. The minimum atomic E-state index is -2.34. The molecule has 0 aliphatic heterocycles. The first kappa shape index (κ1) is 32.6. The van der Waals surface area contributed by atoms with Crippen LogP contribution < -0.4 is 13.6 Å². The van der Waals surface area contributed by atoms with E-state index in [0.29, 0.717) is 16.7 Å². The third-order valence-corrected chi connectivity index (χ3v) is 8.47. The van der Waals surface area contributed by atoms with Crippen molar-refractivity contribution in [3.8, 4) is 34.5 Å². The number of aromatic nitrogens is 3. The minimum absolute atomic E-state index is 0.0726. The van der Waals surface area contributed by atoms with Gasteiger partial charge in [0.25, 0.3) is 0 Å². The van der Waals surface area contributed by atoms with E-state index in [1.54, 1.807) is 0 Å². The highest BCUT2D eigenvalue weighted by Crippen LogP contribution is 2.53. The van der Waals surface area contributed by atoms with Gasteiger partial charge in [-0.2, -0.15) is 0 Å². The lowest BCUT2D eigenvalue weighted by molar-refractivity contribution is 0.357. The monoisotopic (exact) mass is 763 g/mol. The smallest absolute Gasteiger partial charge is 0.505 e. The molecule has 3 heterocycles. The van der Waals surface area contributed by atoms with Crippen molar-refractivity contribution in [2.45, 2.75) is 78.6 Å². The molecular weight excluding hydrogens is 733 g/mol. The molecule has 9 nitrogen and oxygen atoms in total. The van der Waals surface area contributed by atoms with Crippen LogP contribution in [-0.2, 0) is 16.2 Å². The third kappa shape index (κ3) is 7.12. The van der Waals surface area contributed by atoms with Crippen molar-refractivity contribution in [1.29, 1.82) is 0 Å². The Hall–Kier alpha value is -1.88. The summed E-state index contributed by atoms with van der Waals surface area (Å²) in [4.78, 5) is 12.6. The lowest BCUT2D eigenvalue weighted by Gasteiger charge is -2.29. The molecule has 0 bridgehead atoms. The highest BCUT2D eigenvalue weighted by molar-refractivity contribution is 9.11. The number of nitrogens with zero attached hydrogens (tertiary/aromatic N) is 3. The van der Waals surface area contributed by atoms with Gasteiger partial charge in [0, 0.05) is 16.7 Å². The van der Waals surface area contributed by atoms with E-state index in [9.17, 15) is 15.3 Å². The van der Waals surface area contributed by atoms with Crippen molar-refractivity contribution < 1.29 is 28.9 Å². The molecule has 0 saturated heterocycles. The van der Waals surface area contributed by atoms with Gasteiger partial charge < -0.3 is 28.9 Å². The fourth-order valence-corrected chi connectivity index (χ4v) is 5.97. The summed E-state index contributed by atoms with van der Waals surface area (Å²) in [6, 6.07) is 0. The Kier molecular flexibility index (Phi) is 9.61. The second kappa shape index (κ2) is 11.8. The number of hydrogen-bond donors (Lipinski definition) is 3. The van der Waals surface area contributed by atoms with E-state index in [1.165, 1.54) is 18.6 Å². The van der Waals surface area contributed by atoms with Crippen molar-refractivity contribution in [3.63, 3.8) is 0 Å². The topological polar surface area (TPSA) is 127 Å². The third-order valence-electron chi connectivity index (χ3n) is 5.69. The molecule has 218 valence electrons. The molecule has 3 aromatic rings. The Morgan fingerprint density at radius 1 is 0.525 bits per heavy atom. The van der Waals surface area contributed by atoms with Gasteiger partial charge in [0.15, 0.2) is 34.5 Å². The molecule has 0 spiro atoms. The second-order valence-corrected chi connectivity index (χ2v) is 15.4. The van der Waals surface area contributed by atoms with Crippen LogP contribution >= 0.6 is 56.4 Å². The molecule has 0 amide bonds. The minimum Gasteiger partial charge on any atom is -0.505 e. The Bertz CT molecular complexity index is 1250. The molecule has 3 N–H and O–H groups in total. The summed E-state index contributed by atoms with van der Waals surface area (Å²) in [6.07, 6.45) is 4.41. The van der Waals surface area contributed by atoms with E-state index in [0.717, 1.165) is 0 Å². The largest absolute Gasteiger partial charge is 0.530 e. The number of halogens is 3. The van der Waals surface area contributed by atoms with Crippen molar-refractivity contribution >= 4 is 56.4 Å². The maximum Gasteiger partial charge on any atom is 0.530 e. The summed E-state index contributed by atoms with van der Waals surface area (Å²) < 4.78 is 19.8. The summed E-state index contributed by atoms with van der Waals surface area (Å²) in [5.74, 6) is 0.484. The first-order valence-electron chi connectivity index (χ1n) is 12.2. The van der Waals surface area contributed by atoms with Crippen LogP contribution in [0.3, 0.4) is 0 Å². The number of pyridine rings is 3. The van der Waals surface area contributed by atoms with E-state index in [4.69, 9.17) is 13.6 Å². The van der Waals surface area contributed by atoms with Gasteiger partial charge in [0.2, 0.25) is 0 Å². The SMILES string of the molecule is CC(C)(C)c1c(OP(Oc2cnc(Br)c(O)c2C(C)(C)C)Oc2cnc(Br)c(O)c2C(C)(C)C)cnc(Br)c1O. The predicted molar refractivity (Wildman–Crippen MR) is 166 cm³/mol. The second-order valence-electron chi connectivity index (χ2n) is 12.2. The van der Waals surface area contributed by atoms with Crippen LogP contribution in [-0.4, -0.2) is 30.3 Å². The van der Waals surface area contributed by atoms with Crippen molar-refractivity contribution in [1.82, 2.24) is 15.0 Å². The fourth-order valence-electron chi connectivity index (χ4n) is 4.06. The van der Waals surface area contributed by atoms with Crippen LogP contribution in [0.25, 0.3) is 0 Å². The fraction of sp³-hybridized carbons (Fsp3) is 0.444. The summed E-state index contributed by atoms with van der Waals surface area (Å²) >= 11 is 9.85. The summed E-state index contributed by atoms with van der Waals surface area (Å²) in [7, 11) is -2.34. The van der Waals surface area contributed by atoms with E-state index >= 15 is 0 Å². The van der Waals surface area contributed by atoms with Gasteiger partial charge in [-0.05, 0) is 64.0 Å². The molecule has 0 unspecified atom stereocenters. The van der Waals surface area contributed by atoms with Gasteiger partial charge in [-0.1, -0.05) is 62.3 Å². The van der Waals surface area contributed by atoms with Crippen LogP contribution in [0.5, 0.6) is 34.5 Å². The molecular formula is C27H33Br3N3O6P. The molecule has 40 heavy (non-hydrogen) atoms. The molecule has 0 atom stereocenters. The summed E-state index contributed by atoms with van der Waals surface area (Å²) in [5.41, 5.74) is -0.200. The number of hydrogen-bond acceptors (Lipinski definition) is 9. The molecule has 0 aliphatic carbocycles. The zero-order valence-corrected chi connectivity index (χ0v) is 29.4. The molecule has 3 aromatic heterocycles. The van der Waals surface area contributed by atoms with Crippen LogP contribution in [0.2, 0.25) is 0 Å². The van der Waals surface area contributed by atoms with Gasteiger partial charge >= 0.3 is 8.60 Å². The Balaban J connectivity index is 2.22. The lowest BCUT2D eigenvalue weighted by atomic mass is 9.86. The number of rotatable bonds is 6. The molecule has 0 saturated carbocycles. The highest BCUT2D eigenvalue weighted by Gasteiger charge is 2.35. The average Bonchev–Trinajstić information content (AvgIpc) is 2.78. The molecule has 0 radical (unpaired) electrons. The van der Waals surface area contributed by atoms with Gasteiger partial charge in [0.05, 0.1) is 18.6 Å². The van der Waals surface area contributed by atoms with Crippen LogP contribution in [0.4, 0.5) is 0 Å². The average molecular weight is 766 g/mol. The first-order valence-corrected chi connectivity index (χ1v) is 15.7. The molecule has 0 fully saturated rings. The highest BCUT2D eigenvalue weighted by atomic mass is 79.9. The Morgan fingerprint density at radius 3 is 0.950 bits per heavy atom. The summed E-state index contributed by atoms with van der Waals surface area (Å²) in [5, 5.41) is 32.6. The standard InChI is InChI=1S/C27H33Br3N3O6P/c1-25(2,3)16-13(10-31-22(28)19(16)34)37-40(38-14-11-32-23(29)20(35)17(14)26(4,5)6)39-15-12-33-24(30)21(36)18(15)27(7,8)9/h10-12,34-36H,1-9H3. The van der Waals surface area contributed by atoms with Gasteiger partial charge in [-0.25, -0.2) is 15.0 Å². The first-order chi connectivity index (χ1) is 18.2.